The number of carbonyl (C=O) groups is 1. The van der Waals surface area contributed by atoms with Gasteiger partial charge >= 0.3 is 0 Å². The van der Waals surface area contributed by atoms with Crippen LogP contribution < -0.4 is 4.90 Å². The number of hydrogen-bond donors (Lipinski definition) is 1. The fourth-order valence-electron chi connectivity index (χ4n) is 3.39. The number of fused-ring (bicyclic) bond motifs is 2. The molecule has 4 rings (SSSR count). The fraction of sp³-hybridized carbons (Fsp3) is 0.167. The third-order valence-corrected chi connectivity index (χ3v) is 4.30. The Hall–Kier alpha value is -2.55. The molecule has 1 atom stereocenters. The highest BCUT2D eigenvalue weighted by Gasteiger charge is 2.34. The molecule has 3 nitrogen and oxygen atoms in total. The molecule has 0 radical (unpaired) electrons. The van der Waals surface area contributed by atoms with Crippen molar-refractivity contribution in [3.8, 4) is 0 Å². The minimum Gasteiger partial charge on any atom is -0.361 e. The second-order valence-electron chi connectivity index (χ2n) is 5.53. The van der Waals surface area contributed by atoms with Gasteiger partial charge in [-0.05, 0) is 24.1 Å². The largest absolute Gasteiger partial charge is 0.361 e. The fourth-order valence-corrected chi connectivity index (χ4v) is 3.39. The molecule has 1 amide bonds. The van der Waals surface area contributed by atoms with Gasteiger partial charge in [0.05, 0.1) is 6.04 Å². The third-order valence-electron chi connectivity index (χ3n) is 4.30. The summed E-state index contributed by atoms with van der Waals surface area (Å²) in [4.78, 5) is 17.4. The van der Waals surface area contributed by atoms with E-state index < -0.39 is 0 Å². The summed E-state index contributed by atoms with van der Waals surface area (Å²) >= 11 is 0. The molecule has 1 aliphatic heterocycles. The van der Waals surface area contributed by atoms with Crippen LogP contribution >= 0.6 is 0 Å². The number of para-hydroxylation sites is 2. The van der Waals surface area contributed by atoms with Gasteiger partial charge < -0.3 is 9.88 Å². The Balaban J connectivity index is 1.87. The minimum absolute atomic E-state index is 0.0797. The first kappa shape index (κ1) is 12.2. The first-order chi connectivity index (χ1) is 10.3. The van der Waals surface area contributed by atoms with E-state index in [0.717, 1.165) is 17.6 Å². The molecule has 104 valence electrons. The van der Waals surface area contributed by atoms with Crippen molar-refractivity contribution >= 4 is 22.5 Å². The van der Waals surface area contributed by atoms with Gasteiger partial charge in [-0.15, -0.1) is 0 Å². The van der Waals surface area contributed by atoms with Crippen LogP contribution in [-0.2, 0) is 11.2 Å². The lowest BCUT2D eigenvalue weighted by atomic mass is 10.0. The number of aromatic amines is 1. The molecular formula is C18H16N2O. The second kappa shape index (κ2) is 4.48. The normalized spacial score (nSPS) is 17.2. The Morgan fingerprint density at radius 1 is 1.14 bits per heavy atom. The first-order valence-electron chi connectivity index (χ1n) is 7.19. The number of hydrogen-bond acceptors (Lipinski definition) is 1. The van der Waals surface area contributed by atoms with Crippen molar-refractivity contribution < 1.29 is 4.79 Å². The average Bonchev–Trinajstić information content (AvgIpc) is 3.08. The van der Waals surface area contributed by atoms with Crippen LogP contribution in [0.3, 0.4) is 0 Å². The quantitative estimate of drug-likeness (QED) is 0.720. The maximum atomic E-state index is 12.2. The van der Waals surface area contributed by atoms with Crippen LogP contribution in [0.1, 0.15) is 24.1 Å². The van der Waals surface area contributed by atoms with Crippen LogP contribution in [0.2, 0.25) is 0 Å². The predicted molar refractivity (Wildman–Crippen MR) is 84.3 cm³/mol. The van der Waals surface area contributed by atoms with Crippen molar-refractivity contribution in [1.82, 2.24) is 4.98 Å². The number of carbonyl (C=O) groups excluding carboxylic acids is 1. The Labute approximate surface area is 123 Å². The lowest BCUT2D eigenvalue weighted by Gasteiger charge is -2.24. The molecule has 1 unspecified atom stereocenters. The van der Waals surface area contributed by atoms with Crippen molar-refractivity contribution in [2.24, 2.45) is 0 Å². The van der Waals surface area contributed by atoms with Crippen LogP contribution in [0.25, 0.3) is 10.9 Å². The highest BCUT2D eigenvalue weighted by Crippen LogP contribution is 2.42. The van der Waals surface area contributed by atoms with Gasteiger partial charge in [-0.25, -0.2) is 0 Å². The van der Waals surface area contributed by atoms with Gasteiger partial charge in [0.1, 0.15) is 0 Å². The number of amides is 1. The summed E-state index contributed by atoms with van der Waals surface area (Å²) in [6.07, 6.45) is 2.91. The van der Waals surface area contributed by atoms with Gasteiger partial charge in [0, 0.05) is 35.3 Å². The van der Waals surface area contributed by atoms with E-state index in [4.69, 9.17) is 0 Å². The van der Waals surface area contributed by atoms with Crippen molar-refractivity contribution in [3.05, 3.63) is 65.9 Å². The van der Waals surface area contributed by atoms with Crippen LogP contribution in [0.4, 0.5) is 5.69 Å². The summed E-state index contributed by atoms with van der Waals surface area (Å²) in [7, 11) is 0. The lowest BCUT2D eigenvalue weighted by molar-refractivity contribution is -0.116. The van der Waals surface area contributed by atoms with Crippen molar-refractivity contribution in [2.75, 3.05) is 4.90 Å². The lowest BCUT2D eigenvalue weighted by Crippen LogP contribution is -2.29. The third kappa shape index (κ3) is 1.77. The number of H-pyrrole nitrogens is 1. The van der Waals surface area contributed by atoms with Gasteiger partial charge in [-0.1, -0.05) is 36.4 Å². The van der Waals surface area contributed by atoms with E-state index in [0.29, 0.717) is 0 Å². The van der Waals surface area contributed by atoms with Crippen LogP contribution in [0, 0.1) is 0 Å². The van der Waals surface area contributed by atoms with Gasteiger partial charge in [0.2, 0.25) is 5.91 Å². The SMILES string of the molecule is CC(=O)N1c2ccccc2CC1c1c[nH]c2ccccc12. The number of benzene rings is 2. The predicted octanol–water partition coefficient (Wildman–Crippen LogP) is 3.82. The molecule has 0 fully saturated rings. The zero-order valence-electron chi connectivity index (χ0n) is 11.8. The first-order valence-corrected chi connectivity index (χ1v) is 7.19. The smallest absolute Gasteiger partial charge is 0.224 e. The molecule has 3 heteroatoms. The zero-order chi connectivity index (χ0) is 14.4. The van der Waals surface area contributed by atoms with Gasteiger partial charge in [0.15, 0.2) is 0 Å². The summed E-state index contributed by atoms with van der Waals surface area (Å²) in [6.45, 7) is 1.64. The number of nitrogens with zero attached hydrogens (tertiary/aromatic N) is 1. The molecule has 0 saturated carbocycles. The standard InChI is InChI=1S/C18H16N2O/c1-12(21)20-17-9-5-2-6-13(17)10-18(20)15-11-19-16-8-4-3-7-14(15)16/h2-9,11,18-19H,10H2,1H3. The van der Waals surface area contributed by atoms with Crippen LogP contribution in [0.15, 0.2) is 54.7 Å². The van der Waals surface area contributed by atoms with E-state index in [2.05, 4.69) is 23.2 Å². The Morgan fingerprint density at radius 2 is 1.90 bits per heavy atom. The topological polar surface area (TPSA) is 36.1 Å². The summed E-state index contributed by atoms with van der Waals surface area (Å²) in [5, 5.41) is 1.20. The van der Waals surface area contributed by atoms with E-state index in [1.54, 1.807) is 6.92 Å². The Kier molecular flexibility index (Phi) is 2.61. The van der Waals surface area contributed by atoms with E-state index in [-0.39, 0.29) is 11.9 Å². The van der Waals surface area contributed by atoms with Gasteiger partial charge in [-0.2, -0.15) is 0 Å². The monoisotopic (exact) mass is 276 g/mol. The second-order valence-corrected chi connectivity index (χ2v) is 5.53. The van der Waals surface area contributed by atoms with Gasteiger partial charge in [0.25, 0.3) is 0 Å². The molecule has 3 aromatic rings. The Morgan fingerprint density at radius 3 is 2.76 bits per heavy atom. The van der Waals surface area contributed by atoms with Crippen molar-refractivity contribution in [2.45, 2.75) is 19.4 Å². The number of anilines is 1. The summed E-state index contributed by atoms with van der Waals surface area (Å²) < 4.78 is 0. The molecule has 1 aromatic heterocycles. The Bertz CT molecular complexity index is 834. The molecule has 2 aromatic carbocycles. The maximum absolute atomic E-state index is 12.2. The maximum Gasteiger partial charge on any atom is 0.224 e. The molecule has 1 aliphatic rings. The minimum atomic E-state index is 0.0797. The molecule has 0 bridgehead atoms. The zero-order valence-corrected chi connectivity index (χ0v) is 11.8. The van der Waals surface area contributed by atoms with Crippen LogP contribution in [0.5, 0.6) is 0 Å². The molecule has 0 aliphatic carbocycles. The summed E-state index contributed by atoms with van der Waals surface area (Å²) in [5.41, 5.74) is 4.59. The van der Waals surface area contributed by atoms with Gasteiger partial charge in [-0.3, -0.25) is 4.79 Å². The highest BCUT2D eigenvalue weighted by atomic mass is 16.2. The molecule has 0 spiro atoms. The van der Waals surface area contributed by atoms with Crippen molar-refractivity contribution in [1.29, 1.82) is 0 Å². The average molecular weight is 276 g/mol. The summed E-state index contributed by atoms with van der Waals surface area (Å²) in [6, 6.07) is 16.5. The molecule has 1 N–H and O–H groups in total. The van der Waals surface area contributed by atoms with E-state index >= 15 is 0 Å². The summed E-state index contributed by atoms with van der Waals surface area (Å²) in [5.74, 6) is 0.0928. The molecular weight excluding hydrogens is 260 g/mol. The van der Waals surface area contributed by atoms with E-state index in [9.17, 15) is 4.79 Å². The van der Waals surface area contributed by atoms with Crippen molar-refractivity contribution in [3.63, 3.8) is 0 Å². The highest BCUT2D eigenvalue weighted by molar-refractivity contribution is 5.96. The number of rotatable bonds is 1. The van der Waals surface area contributed by atoms with Crippen LogP contribution in [-0.4, -0.2) is 10.9 Å². The molecule has 2 heterocycles. The number of nitrogens with one attached hydrogen (secondary N) is 1. The van der Waals surface area contributed by atoms with E-state index in [1.165, 1.54) is 16.5 Å². The molecule has 21 heavy (non-hydrogen) atoms. The number of aromatic nitrogens is 1. The molecule has 0 saturated heterocycles. The van der Waals surface area contributed by atoms with E-state index in [1.807, 2.05) is 41.4 Å².